The number of anilines is 1. The van der Waals surface area contributed by atoms with Crippen LogP contribution in [0.3, 0.4) is 0 Å². The Morgan fingerprint density at radius 3 is 3.00 bits per heavy atom. The number of aromatic nitrogens is 1. The molecule has 2 nitrogen and oxygen atoms in total. The van der Waals surface area contributed by atoms with E-state index >= 15 is 0 Å². The maximum atomic E-state index is 4.50. The van der Waals surface area contributed by atoms with Gasteiger partial charge in [-0.3, -0.25) is 0 Å². The molecule has 0 unspecified atom stereocenters. The van der Waals surface area contributed by atoms with Gasteiger partial charge in [-0.15, -0.1) is 0 Å². The summed E-state index contributed by atoms with van der Waals surface area (Å²) in [5.41, 5.74) is 2.38. The average Bonchev–Trinajstić information content (AvgIpc) is 2.44. The predicted molar refractivity (Wildman–Crippen MR) is 64.5 cm³/mol. The van der Waals surface area contributed by atoms with Gasteiger partial charge in [-0.1, -0.05) is 0 Å². The Balaban J connectivity index is 2.41. The minimum absolute atomic E-state index is 0.441. The molecule has 0 saturated carbocycles. The van der Waals surface area contributed by atoms with Gasteiger partial charge in [0.15, 0.2) is 0 Å². The Kier molecular flexibility index (Phi) is 2.55. The summed E-state index contributed by atoms with van der Waals surface area (Å²) in [4.78, 5) is 4.50. The van der Waals surface area contributed by atoms with E-state index in [0.717, 1.165) is 10.5 Å². The Morgan fingerprint density at radius 1 is 1.50 bits per heavy atom. The molecule has 2 aromatic heterocycles. The number of thiazole rings is 1. The number of hydrogen-bond acceptors (Lipinski definition) is 3. The summed E-state index contributed by atoms with van der Waals surface area (Å²) >= 11 is 1.72. The van der Waals surface area contributed by atoms with E-state index in [1.807, 2.05) is 0 Å². The molecule has 2 aromatic rings. The van der Waals surface area contributed by atoms with Crippen LogP contribution in [0.15, 0.2) is 12.0 Å². The second-order valence-corrected chi connectivity index (χ2v) is 4.82. The molecule has 0 atom stereocenters. The SMILES string of the molecule is Cc1cbc2nc(NC(C)C)sc2c1. The molecular formula is C10H13BN2S. The number of nitrogens with one attached hydrogen (secondary N) is 1. The molecule has 14 heavy (non-hydrogen) atoms. The van der Waals surface area contributed by atoms with Gasteiger partial charge < -0.3 is 0 Å². The van der Waals surface area contributed by atoms with E-state index in [-0.39, 0.29) is 0 Å². The Labute approximate surface area is 88.6 Å². The van der Waals surface area contributed by atoms with Gasteiger partial charge in [-0.05, 0) is 0 Å². The van der Waals surface area contributed by atoms with Crippen molar-refractivity contribution in [2.75, 3.05) is 5.32 Å². The Hall–Kier alpha value is -0.895. The van der Waals surface area contributed by atoms with E-state index in [1.165, 1.54) is 10.3 Å². The summed E-state index contributed by atoms with van der Waals surface area (Å²) in [6.07, 6.45) is 0. The molecule has 72 valence electrons. The van der Waals surface area contributed by atoms with Crippen molar-refractivity contribution in [3.8, 4) is 0 Å². The molecule has 0 aliphatic carbocycles. The van der Waals surface area contributed by atoms with Crippen LogP contribution < -0.4 is 5.32 Å². The van der Waals surface area contributed by atoms with Crippen molar-refractivity contribution in [2.45, 2.75) is 26.8 Å². The second kappa shape index (κ2) is 3.69. The molecule has 0 aliphatic heterocycles. The van der Waals surface area contributed by atoms with Crippen LogP contribution in [-0.4, -0.2) is 17.9 Å². The fourth-order valence-corrected chi connectivity index (χ4v) is 2.45. The number of aryl methyl sites for hydroxylation is 1. The molecule has 2 heterocycles. The molecule has 0 saturated heterocycles. The van der Waals surface area contributed by atoms with Crippen molar-refractivity contribution < 1.29 is 0 Å². The molecule has 0 bridgehead atoms. The van der Waals surface area contributed by atoms with Gasteiger partial charge in [-0.2, -0.15) is 0 Å². The van der Waals surface area contributed by atoms with Crippen LogP contribution in [0, 0.1) is 6.92 Å². The summed E-state index contributed by atoms with van der Waals surface area (Å²) in [6.45, 7) is 8.43. The zero-order valence-electron chi connectivity index (χ0n) is 8.66. The van der Waals surface area contributed by atoms with Crippen LogP contribution in [0.5, 0.6) is 0 Å². The van der Waals surface area contributed by atoms with Crippen molar-refractivity contribution >= 4 is 33.5 Å². The molecule has 0 amide bonds. The molecule has 0 spiro atoms. The van der Waals surface area contributed by atoms with Crippen LogP contribution in [0.4, 0.5) is 5.13 Å². The number of hydrogen-bond donors (Lipinski definition) is 1. The monoisotopic (exact) mass is 204 g/mol. The van der Waals surface area contributed by atoms with E-state index in [9.17, 15) is 0 Å². The summed E-state index contributed by atoms with van der Waals surface area (Å²) in [6, 6.07) is 2.62. The standard InChI is InChI=1S/C10H13BN2S/c1-6(2)12-10-13-9-8(14-10)4-7(3)5-11-9/h4-6H,1-3H3,(H,12,13). The molecule has 0 aliphatic rings. The van der Waals surface area contributed by atoms with Gasteiger partial charge in [0.05, 0.1) is 0 Å². The van der Waals surface area contributed by atoms with Crippen LogP contribution in [-0.2, 0) is 0 Å². The molecule has 4 heteroatoms. The van der Waals surface area contributed by atoms with Crippen molar-refractivity contribution in [3.05, 3.63) is 17.6 Å². The van der Waals surface area contributed by atoms with Gasteiger partial charge in [-0.25, -0.2) is 0 Å². The van der Waals surface area contributed by atoms with Crippen molar-refractivity contribution in [2.24, 2.45) is 0 Å². The molecule has 1 N–H and O–H groups in total. The summed E-state index contributed by atoms with van der Waals surface area (Å²) < 4.78 is 1.26. The summed E-state index contributed by atoms with van der Waals surface area (Å²) in [7, 11) is 0. The van der Waals surface area contributed by atoms with E-state index in [1.54, 1.807) is 11.3 Å². The first-order valence-corrected chi connectivity index (χ1v) is 5.60. The minimum atomic E-state index is 0.441. The normalized spacial score (nSPS) is 10.9. The molecular weight excluding hydrogens is 191 g/mol. The Bertz CT molecular complexity index is 450. The third kappa shape index (κ3) is 1.95. The van der Waals surface area contributed by atoms with Gasteiger partial charge in [0, 0.05) is 0 Å². The van der Waals surface area contributed by atoms with Gasteiger partial charge in [0.25, 0.3) is 0 Å². The first-order chi connectivity index (χ1) is 6.65. The maximum absolute atomic E-state index is 4.50. The number of nitrogens with zero attached hydrogens (tertiary/aromatic N) is 1. The third-order valence-corrected chi connectivity index (χ3v) is 2.91. The van der Waals surface area contributed by atoms with Gasteiger partial charge >= 0.3 is 88.2 Å². The number of rotatable bonds is 2. The van der Waals surface area contributed by atoms with Crippen molar-refractivity contribution in [3.63, 3.8) is 0 Å². The fraction of sp³-hybridized carbons (Fsp3) is 0.400. The van der Waals surface area contributed by atoms with Crippen LogP contribution in [0.1, 0.15) is 19.4 Å². The van der Waals surface area contributed by atoms with E-state index in [2.05, 4.69) is 50.0 Å². The fourth-order valence-electron chi connectivity index (χ4n) is 1.34. The summed E-state index contributed by atoms with van der Waals surface area (Å²) in [5.74, 6) is 2.10. The van der Waals surface area contributed by atoms with Crippen LogP contribution >= 0.6 is 11.3 Å². The first-order valence-electron chi connectivity index (χ1n) is 4.79. The zero-order chi connectivity index (χ0) is 10.1. The molecule has 0 aromatic carbocycles. The van der Waals surface area contributed by atoms with E-state index in [4.69, 9.17) is 0 Å². The van der Waals surface area contributed by atoms with Crippen LogP contribution in [0.2, 0.25) is 0 Å². The van der Waals surface area contributed by atoms with Gasteiger partial charge in [0.1, 0.15) is 0 Å². The molecule has 0 radical (unpaired) electrons. The Morgan fingerprint density at radius 2 is 2.29 bits per heavy atom. The van der Waals surface area contributed by atoms with Crippen molar-refractivity contribution in [1.82, 2.24) is 4.98 Å². The summed E-state index contributed by atoms with van der Waals surface area (Å²) in [5, 5.41) is 4.34. The second-order valence-electron chi connectivity index (χ2n) is 3.79. The van der Waals surface area contributed by atoms with E-state index < -0.39 is 0 Å². The third-order valence-electron chi connectivity index (χ3n) is 1.96. The zero-order valence-corrected chi connectivity index (χ0v) is 9.48. The number of fused-ring (bicyclic) bond motifs is 1. The van der Waals surface area contributed by atoms with Crippen molar-refractivity contribution in [1.29, 1.82) is 0 Å². The molecule has 2 rings (SSSR count). The quantitative estimate of drug-likeness (QED) is 0.813. The van der Waals surface area contributed by atoms with E-state index in [0.29, 0.717) is 6.04 Å². The van der Waals surface area contributed by atoms with Gasteiger partial charge in [0.2, 0.25) is 0 Å². The predicted octanol–water partition coefficient (Wildman–Crippen LogP) is 2.76. The molecule has 0 fully saturated rings. The first kappa shape index (κ1) is 9.65. The average molecular weight is 204 g/mol. The van der Waals surface area contributed by atoms with Crippen LogP contribution in [0.25, 0.3) is 10.1 Å². The topological polar surface area (TPSA) is 24.9 Å².